The normalized spacial score (nSPS) is 11.9. The summed E-state index contributed by atoms with van der Waals surface area (Å²) in [6.45, 7) is 0.510. The zero-order valence-electron chi connectivity index (χ0n) is 10.4. The number of amides is 1. The molecular formula is C15H12Br2ClNO. The summed E-state index contributed by atoms with van der Waals surface area (Å²) in [5, 5.41) is 3.41. The summed E-state index contributed by atoms with van der Waals surface area (Å²) < 4.78 is 0.776. The molecule has 2 nitrogen and oxygen atoms in total. The Kier molecular flexibility index (Phi) is 5.64. The number of halogens is 3. The third-order valence-corrected chi connectivity index (χ3v) is 4.87. The van der Waals surface area contributed by atoms with E-state index in [-0.39, 0.29) is 10.7 Å². The molecule has 20 heavy (non-hydrogen) atoms. The van der Waals surface area contributed by atoms with Crippen LogP contribution in [0.15, 0.2) is 53.0 Å². The summed E-state index contributed by atoms with van der Waals surface area (Å²) in [5.41, 5.74) is 1.67. The average Bonchev–Trinajstić information content (AvgIpc) is 2.48. The van der Waals surface area contributed by atoms with E-state index in [2.05, 4.69) is 37.2 Å². The van der Waals surface area contributed by atoms with Crippen molar-refractivity contribution in [2.75, 3.05) is 6.54 Å². The van der Waals surface area contributed by atoms with E-state index in [0.29, 0.717) is 17.1 Å². The summed E-state index contributed by atoms with van der Waals surface area (Å²) in [6, 6.07) is 15.1. The van der Waals surface area contributed by atoms with Crippen LogP contribution < -0.4 is 5.32 Å². The molecule has 0 saturated heterocycles. The number of hydrogen-bond donors (Lipinski definition) is 1. The lowest BCUT2D eigenvalue weighted by Crippen LogP contribution is -2.26. The third-order valence-electron chi connectivity index (χ3n) is 2.78. The molecule has 0 aromatic heterocycles. The van der Waals surface area contributed by atoms with Crippen LogP contribution in [-0.2, 0) is 0 Å². The van der Waals surface area contributed by atoms with E-state index in [1.165, 1.54) is 0 Å². The van der Waals surface area contributed by atoms with Crippen molar-refractivity contribution in [2.45, 2.75) is 4.83 Å². The van der Waals surface area contributed by atoms with Gasteiger partial charge in [0.2, 0.25) is 0 Å². The molecule has 2 aromatic carbocycles. The Bertz CT molecular complexity index is 604. The van der Waals surface area contributed by atoms with E-state index >= 15 is 0 Å². The molecule has 5 heteroatoms. The van der Waals surface area contributed by atoms with E-state index in [4.69, 9.17) is 11.6 Å². The zero-order valence-corrected chi connectivity index (χ0v) is 14.4. The van der Waals surface area contributed by atoms with Crippen molar-refractivity contribution < 1.29 is 4.79 Å². The SMILES string of the molecule is O=C(NCC(Br)c1ccccc1)c1ccc(Br)c(Cl)c1. The number of hydrogen-bond acceptors (Lipinski definition) is 1. The van der Waals surface area contributed by atoms with Gasteiger partial charge in [-0.15, -0.1) is 0 Å². The predicted octanol–water partition coefficient (Wildman–Crippen LogP) is 4.97. The predicted molar refractivity (Wildman–Crippen MR) is 89.6 cm³/mol. The van der Waals surface area contributed by atoms with E-state index in [1.807, 2.05) is 30.3 Å². The Balaban J connectivity index is 1.97. The molecule has 0 heterocycles. The highest BCUT2D eigenvalue weighted by molar-refractivity contribution is 9.10. The van der Waals surface area contributed by atoms with Gasteiger partial charge in [-0.2, -0.15) is 0 Å². The van der Waals surface area contributed by atoms with Gasteiger partial charge in [-0.05, 0) is 39.7 Å². The number of carbonyl (C=O) groups excluding carboxylic acids is 1. The zero-order chi connectivity index (χ0) is 14.5. The summed E-state index contributed by atoms with van der Waals surface area (Å²) in [6.07, 6.45) is 0. The molecule has 0 bridgehead atoms. The van der Waals surface area contributed by atoms with Gasteiger partial charge in [-0.3, -0.25) is 4.79 Å². The minimum atomic E-state index is -0.139. The second-order valence-corrected chi connectivity index (χ2v) is 6.58. The molecule has 1 atom stereocenters. The maximum Gasteiger partial charge on any atom is 0.251 e. The second kappa shape index (κ2) is 7.25. The molecule has 2 rings (SSSR count). The van der Waals surface area contributed by atoms with Crippen molar-refractivity contribution in [2.24, 2.45) is 0 Å². The Labute approximate surface area is 139 Å². The molecule has 0 spiro atoms. The van der Waals surface area contributed by atoms with Crippen molar-refractivity contribution in [3.8, 4) is 0 Å². The van der Waals surface area contributed by atoms with Crippen LogP contribution in [0.3, 0.4) is 0 Å². The fraction of sp³-hybridized carbons (Fsp3) is 0.133. The maximum absolute atomic E-state index is 12.0. The van der Waals surface area contributed by atoms with Crippen LogP contribution in [-0.4, -0.2) is 12.5 Å². The van der Waals surface area contributed by atoms with Gasteiger partial charge in [0.25, 0.3) is 5.91 Å². The summed E-state index contributed by atoms with van der Waals surface area (Å²) in [4.78, 5) is 12.1. The van der Waals surface area contributed by atoms with E-state index < -0.39 is 0 Å². The van der Waals surface area contributed by atoms with Gasteiger partial charge in [-0.1, -0.05) is 57.9 Å². The smallest absolute Gasteiger partial charge is 0.251 e. The van der Waals surface area contributed by atoms with Crippen LogP contribution in [0.4, 0.5) is 0 Å². The Morgan fingerprint density at radius 2 is 1.90 bits per heavy atom. The summed E-state index contributed by atoms with van der Waals surface area (Å²) in [5.74, 6) is -0.139. The molecule has 0 fully saturated rings. The van der Waals surface area contributed by atoms with Crippen LogP contribution in [0.2, 0.25) is 5.02 Å². The highest BCUT2D eigenvalue weighted by Gasteiger charge is 2.11. The average molecular weight is 418 g/mol. The van der Waals surface area contributed by atoms with Crippen molar-refractivity contribution in [3.63, 3.8) is 0 Å². The first-order valence-corrected chi connectivity index (χ1v) is 8.09. The van der Waals surface area contributed by atoms with Crippen LogP contribution in [0.1, 0.15) is 20.7 Å². The van der Waals surface area contributed by atoms with Gasteiger partial charge in [0.15, 0.2) is 0 Å². The molecule has 0 radical (unpaired) electrons. The second-order valence-electron chi connectivity index (χ2n) is 4.22. The van der Waals surface area contributed by atoms with Gasteiger partial charge >= 0.3 is 0 Å². The van der Waals surface area contributed by atoms with Crippen LogP contribution in [0.5, 0.6) is 0 Å². The number of alkyl halides is 1. The third kappa shape index (κ3) is 4.08. The maximum atomic E-state index is 12.0. The van der Waals surface area contributed by atoms with Gasteiger partial charge < -0.3 is 5.32 Å². The molecule has 1 amide bonds. The van der Waals surface area contributed by atoms with Gasteiger partial charge in [0, 0.05) is 16.6 Å². The van der Waals surface area contributed by atoms with Gasteiger partial charge in [-0.25, -0.2) is 0 Å². The fourth-order valence-corrected chi connectivity index (χ4v) is 2.60. The lowest BCUT2D eigenvalue weighted by molar-refractivity contribution is 0.0954. The highest BCUT2D eigenvalue weighted by Crippen LogP contribution is 2.24. The minimum Gasteiger partial charge on any atom is -0.351 e. The molecule has 1 unspecified atom stereocenters. The Morgan fingerprint density at radius 3 is 2.55 bits per heavy atom. The topological polar surface area (TPSA) is 29.1 Å². The first-order chi connectivity index (χ1) is 9.58. The number of nitrogens with one attached hydrogen (secondary N) is 1. The first kappa shape index (κ1) is 15.5. The molecule has 0 saturated carbocycles. The number of benzene rings is 2. The van der Waals surface area contributed by atoms with Crippen molar-refractivity contribution in [3.05, 3.63) is 69.2 Å². The van der Waals surface area contributed by atoms with Crippen molar-refractivity contribution in [1.29, 1.82) is 0 Å². The number of carbonyl (C=O) groups is 1. The van der Waals surface area contributed by atoms with Crippen LogP contribution >= 0.6 is 43.5 Å². The van der Waals surface area contributed by atoms with Gasteiger partial charge in [0.1, 0.15) is 0 Å². The Morgan fingerprint density at radius 1 is 1.20 bits per heavy atom. The number of rotatable bonds is 4. The quantitative estimate of drug-likeness (QED) is 0.700. The van der Waals surface area contributed by atoms with E-state index in [0.717, 1.165) is 10.0 Å². The van der Waals surface area contributed by atoms with Crippen LogP contribution in [0, 0.1) is 0 Å². The van der Waals surface area contributed by atoms with E-state index in [1.54, 1.807) is 18.2 Å². The van der Waals surface area contributed by atoms with Crippen LogP contribution in [0.25, 0.3) is 0 Å². The molecule has 0 aliphatic carbocycles. The van der Waals surface area contributed by atoms with E-state index in [9.17, 15) is 4.79 Å². The molecular weight excluding hydrogens is 405 g/mol. The molecule has 0 aliphatic heterocycles. The van der Waals surface area contributed by atoms with Crippen molar-refractivity contribution >= 4 is 49.4 Å². The Hall–Kier alpha value is -0.840. The minimum absolute atomic E-state index is 0.0820. The largest absolute Gasteiger partial charge is 0.351 e. The summed E-state index contributed by atoms with van der Waals surface area (Å²) in [7, 11) is 0. The monoisotopic (exact) mass is 415 g/mol. The lowest BCUT2D eigenvalue weighted by Gasteiger charge is -2.12. The molecule has 1 N–H and O–H groups in total. The van der Waals surface area contributed by atoms with Crippen molar-refractivity contribution in [1.82, 2.24) is 5.32 Å². The molecule has 0 aliphatic rings. The fourth-order valence-electron chi connectivity index (χ4n) is 1.70. The van der Waals surface area contributed by atoms with Gasteiger partial charge in [0.05, 0.1) is 9.85 Å². The molecule has 104 valence electrons. The lowest BCUT2D eigenvalue weighted by atomic mass is 10.1. The highest BCUT2D eigenvalue weighted by atomic mass is 79.9. The summed E-state index contributed by atoms with van der Waals surface area (Å²) >= 11 is 12.8. The first-order valence-electron chi connectivity index (χ1n) is 6.00. The molecule has 2 aromatic rings. The standard InChI is InChI=1S/C15H12Br2ClNO/c16-12-7-6-11(8-14(12)18)15(20)19-9-13(17)10-4-2-1-3-5-10/h1-8,13H,9H2,(H,19,20).